The largest absolute Gasteiger partial charge is 0.480 e. The molecular formula is C24H23Cl2F3O3. The first-order valence-electron chi connectivity index (χ1n) is 10.0. The molecule has 0 radical (unpaired) electrons. The molecule has 0 saturated carbocycles. The summed E-state index contributed by atoms with van der Waals surface area (Å²) in [5.41, 5.74) is -1.49. The molecular weight excluding hydrogens is 464 g/mol. The fraction of sp³-hybridized carbons (Fsp3) is 0.375. The maximum atomic E-state index is 14.2. The maximum Gasteiger partial charge on any atom is 0.432 e. The van der Waals surface area contributed by atoms with E-state index in [1.807, 2.05) is 6.92 Å². The van der Waals surface area contributed by atoms with Crippen LogP contribution in [0.3, 0.4) is 0 Å². The molecule has 1 aliphatic rings. The smallest absolute Gasteiger partial charge is 0.432 e. The molecule has 0 aromatic heterocycles. The third kappa shape index (κ3) is 4.91. The number of hydrogen-bond acceptors (Lipinski definition) is 3. The van der Waals surface area contributed by atoms with Crippen LogP contribution in [0.5, 0.6) is 0 Å². The molecule has 1 aliphatic heterocycles. The minimum Gasteiger partial charge on any atom is -0.480 e. The Morgan fingerprint density at radius 1 is 1.09 bits per heavy atom. The van der Waals surface area contributed by atoms with Crippen LogP contribution in [0.25, 0.3) is 5.57 Å². The van der Waals surface area contributed by atoms with Gasteiger partial charge in [-0.1, -0.05) is 42.3 Å². The van der Waals surface area contributed by atoms with Crippen LogP contribution in [-0.2, 0) is 21.5 Å². The van der Waals surface area contributed by atoms with E-state index in [4.69, 9.17) is 32.7 Å². The van der Waals surface area contributed by atoms with Gasteiger partial charge >= 0.3 is 12.1 Å². The van der Waals surface area contributed by atoms with E-state index in [0.29, 0.717) is 28.7 Å². The lowest BCUT2D eigenvalue weighted by Gasteiger charge is -2.32. The van der Waals surface area contributed by atoms with Crippen LogP contribution < -0.4 is 0 Å². The molecule has 32 heavy (non-hydrogen) atoms. The quantitative estimate of drug-likeness (QED) is 0.414. The van der Waals surface area contributed by atoms with Gasteiger partial charge in [0.25, 0.3) is 0 Å². The number of ether oxygens (including phenoxy) is 2. The molecule has 1 atom stereocenters. The van der Waals surface area contributed by atoms with Gasteiger partial charge in [-0.05, 0) is 68.2 Å². The second kappa shape index (κ2) is 8.64. The van der Waals surface area contributed by atoms with Gasteiger partial charge in [-0.3, -0.25) is 0 Å². The van der Waals surface area contributed by atoms with Crippen molar-refractivity contribution in [2.24, 2.45) is 0 Å². The summed E-state index contributed by atoms with van der Waals surface area (Å²) in [4.78, 5) is 12.5. The number of benzene rings is 2. The van der Waals surface area contributed by atoms with E-state index in [0.717, 1.165) is 6.26 Å². The van der Waals surface area contributed by atoms with Crippen LogP contribution >= 0.6 is 23.2 Å². The summed E-state index contributed by atoms with van der Waals surface area (Å²) < 4.78 is 53.4. The van der Waals surface area contributed by atoms with Crippen LogP contribution in [0.2, 0.25) is 10.0 Å². The summed E-state index contributed by atoms with van der Waals surface area (Å²) in [6.07, 6.45) is -3.56. The van der Waals surface area contributed by atoms with Gasteiger partial charge in [0.15, 0.2) is 0 Å². The van der Waals surface area contributed by atoms with E-state index in [9.17, 15) is 18.0 Å². The topological polar surface area (TPSA) is 35.5 Å². The minimum absolute atomic E-state index is 0.0863. The van der Waals surface area contributed by atoms with Gasteiger partial charge in [-0.2, -0.15) is 13.2 Å². The minimum atomic E-state index is -4.72. The third-order valence-corrected chi connectivity index (χ3v) is 5.54. The first kappa shape index (κ1) is 24.5. The molecule has 0 bridgehead atoms. The van der Waals surface area contributed by atoms with E-state index < -0.39 is 29.8 Å². The molecule has 0 spiro atoms. The summed E-state index contributed by atoms with van der Waals surface area (Å²) in [5.74, 6) is -0.476. The lowest BCUT2D eigenvalue weighted by atomic mass is 9.85. The molecule has 1 heterocycles. The predicted molar refractivity (Wildman–Crippen MR) is 119 cm³/mol. The second-order valence-electron chi connectivity index (χ2n) is 8.65. The summed E-state index contributed by atoms with van der Waals surface area (Å²) >= 11 is 11.9. The Kier molecular flexibility index (Phi) is 6.60. The normalized spacial score (nSPS) is 18.8. The average molecular weight is 487 g/mol. The number of carbonyl (C=O) groups excluding carboxylic acids is 1. The Morgan fingerprint density at radius 2 is 1.72 bits per heavy atom. The molecule has 172 valence electrons. The summed E-state index contributed by atoms with van der Waals surface area (Å²) in [6, 6.07) is 8.66. The molecule has 0 amide bonds. The van der Waals surface area contributed by atoms with Crippen molar-refractivity contribution in [1.29, 1.82) is 0 Å². The maximum absolute atomic E-state index is 14.2. The Balaban J connectivity index is 1.97. The van der Waals surface area contributed by atoms with Crippen molar-refractivity contribution in [3.05, 3.63) is 75.0 Å². The standard InChI is InChI=1S/C24H23Cl2F3O3/c1-5-14-8-15(6-7-20(14)21(30)32-22(2,3)4)16-12-23(31-13-16,24(27,28)29)17-9-18(25)11-19(26)10-17/h6-11,13H,5,12H2,1-4H3. The lowest BCUT2D eigenvalue weighted by molar-refractivity contribution is -0.260. The van der Waals surface area contributed by atoms with Crippen LogP contribution in [0.15, 0.2) is 42.7 Å². The van der Waals surface area contributed by atoms with Crippen molar-refractivity contribution in [2.75, 3.05) is 0 Å². The zero-order valence-corrected chi connectivity index (χ0v) is 19.6. The van der Waals surface area contributed by atoms with Crippen molar-refractivity contribution < 1.29 is 27.4 Å². The molecule has 0 N–H and O–H groups in total. The molecule has 0 saturated heterocycles. The lowest BCUT2D eigenvalue weighted by Crippen LogP contribution is -2.42. The second-order valence-corrected chi connectivity index (χ2v) is 9.52. The Bertz CT molecular complexity index is 1050. The van der Waals surface area contributed by atoms with Gasteiger partial charge in [-0.15, -0.1) is 0 Å². The number of carbonyl (C=O) groups is 1. The number of rotatable bonds is 4. The van der Waals surface area contributed by atoms with Gasteiger partial charge < -0.3 is 9.47 Å². The Labute approximate surface area is 195 Å². The highest BCUT2D eigenvalue weighted by Gasteiger charge is 2.60. The van der Waals surface area contributed by atoms with Crippen LogP contribution in [0.4, 0.5) is 13.2 Å². The molecule has 1 unspecified atom stereocenters. The van der Waals surface area contributed by atoms with Crippen molar-refractivity contribution in [2.45, 2.75) is 57.9 Å². The predicted octanol–water partition coefficient (Wildman–Crippen LogP) is 7.73. The summed E-state index contributed by atoms with van der Waals surface area (Å²) in [6.45, 7) is 7.17. The third-order valence-electron chi connectivity index (χ3n) is 5.10. The van der Waals surface area contributed by atoms with E-state index in [1.165, 1.54) is 18.2 Å². The number of esters is 1. The highest BCUT2D eigenvalue weighted by Crippen LogP contribution is 2.52. The number of hydrogen-bond donors (Lipinski definition) is 0. The number of alkyl halides is 3. The van der Waals surface area contributed by atoms with E-state index in [-0.39, 0.29) is 15.6 Å². The number of halogens is 5. The molecule has 0 fully saturated rings. The molecule has 3 rings (SSSR count). The number of aryl methyl sites for hydroxylation is 1. The summed E-state index contributed by atoms with van der Waals surface area (Å²) in [5, 5.41) is 0.173. The van der Waals surface area contributed by atoms with Crippen LogP contribution in [0, 0.1) is 0 Å². The van der Waals surface area contributed by atoms with E-state index >= 15 is 0 Å². The Hall–Kier alpha value is -2.18. The monoisotopic (exact) mass is 486 g/mol. The van der Waals surface area contributed by atoms with Crippen LogP contribution in [-0.4, -0.2) is 17.7 Å². The van der Waals surface area contributed by atoms with Crippen molar-refractivity contribution in [1.82, 2.24) is 0 Å². The van der Waals surface area contributed by atoms with E-state index in [1.54, 1.807) is 39.0 Å². The molecule has 2 aromatic carbocycles. The summed E-state index contributed by atoms with van der Waals surface area (Å²) in [7, 11) is 0. The van der Waals surface area contributed by atoms with Gasteiger partial charge in [-0.25, -0.2) is 4.79 Å². The van der Waals surface area contributed by atoms with Gasteiger partial charge in [0, 0.05) is 22.0 Å². The van der Waals surface area contributed by atoms with Crippen molar-refractivity contribution >= 4 is 34.7 Å². The molecule has 3 nitrogen and oxygen atoms in total. The first-order valence-corrected chi connectivity index (χ1v) is 10.8. The highest BCUT2D eigenvalue weighted by molar-refractivity contribution is 6.34. The van der Waals surface area contributed by atoms with Crippen LogP contribution in [0.1, 0.15) is 61.2 Å². The van der Waals surface area contributed by atoms with Crippen molar-refractivity contribution in [3.8, 4) is 0 Å². The van der Waals surface area contributed by atoms with E-state index in [2.05, 4.69) is 0 Å². The highest BCUT2D eigenvalue weighted by atomic mass is 35.5. The molecule has 0 aliphatic carbocycles. The molecule has 8 heteroatoms. The fourth-order valence-electron chi connectivity index (χ4n) is 3.60. The zero-order chi connectivity index (χ0) is 23.9. The average Bonchev–Trinajstić information content (AvgIpc) is 3.12. The van der Waals surface area contributed by atoms with Gasteiger partial charge in [0.05, 0.1) is 11.8 Å². The van der Waals surface area contributed by atoms with Gasteiger partial charge in [0.1, 0.15) is 5.60 Å². The van der Waals surface area contributed by atoms with Gasteiger partial charge in [0.2, 0.25) is 5.60 Å². The first-order chi connectivity index (χ1) is 14.8. The molecule has 2 aromatic rings. The fourth-order valence-corrected chi connectivity index (χ4v) is 4.13. The zero-order valence-electron chi connectivity index (χ0n) is 18.1. The Morgan fingerprint density at radius 3 is 2.25 bits per heavy atom. The SMILES string of the molecule is CCc1cc(C2=COC(c3cc(Cl)cc(Cl)c3)(C(F)(F)F)C2)ccc1C(=O)OC(C)(C)C. The van der Waals surface area contributed by atoms with Crippen molar-refractivity contribution in [3.63, 3.8) is 0 Å².